The second kappa shape index (κ2) is 7.87. The summed E-state index contributed by atoms with van der Waals surface area (Å²) >= 11 is 0. The van der Waals surface area contributed by atoms with E-state index in [2.05, 4.69) is 0 Å². The summed E-state index contributed by atoms with van der Waals surface area (Å²) in [5.41, 5.74) is 3.81. The number of para-hydroxylation sites is 1. The van der Waals surface area contributed by atoms with Crippen molar-refractivity contribution in [2.24, 2.45) is 0 Å². The number of benzene rings is 3. The molecule has 0 saturated heterocycles. The first-order chi connectivity index (χ1) is 14.5. The zero-order chi connectivity index (χ0) is 21.3. The van der Waals surface area contributed by atoms with Crippen LogP contribution in [0.4, 0.5) is 17.1 Å². The predicted octanol–water partition coefficient (Wildman–Crippen LogP) is 4.17. The summed E-state index contributed by atoms with van der Waals surface area (Å²) in [7, 11) is 5.67. The van der Waals surface area contributed by atoms with Crippen LogP contribution in [-0.2, 0) is 9.59 Å². The lowest BCUT2D eigenvalue weighted by Gasteiger charge is -2.22. The average Bonchev–Trinajstić information content (AvgIpc) is 3.04. The third-order valence-corrected chi connectivity index (χ3v) is 5.21. The fourth-order valence-corrected chi connectivity index (χ4v) is 3.62. The van der Waals surface area contributed by atoms with Crippen LogP contribution in [0.3, 0.4) is 0 Å². The molecule has 0 saturated carbocycles. The highest BCUT2D eigenvalue weighted by Gasteiger charge is 2.42. The van der Waals surface area contributed by atoms with Gasteiger partial charge in [0, 0.05) is 32.5 Å². The zero-order valence-electron chi connectivity index (χ0n) is 17.2. The van der Waals surface area contributed by atoms with Crippen molar-refractivity contribution in [3.8, 4) is 0 Å². The van der Waals surface area contributed by atoms with E-state index in [4.69, 9.17) is 0 Å². The van der Waals surface area contributed by atoms with Crippen molar-refractivity contribution < 1.29 is 9.59 Å². The Kier molecular flexibility index (Phi) is 5.11. The van der Waals surface area contributed by atoms with E-state index in [0.29, 0.717) is 17.0 Å². The second-order valence-corrected chi connectivity index (χ2v) is 7.34. The van der Waals surface area contributed by atoms with Gasteiger partial charge in [-0.3, -0.25) is 9.59 Å². The van der Waals surface area contributed by atoms with Crippen LogP contribution in [0.15, 0.2) is 90.6 Å². The van der Waals surface area contributed by atoms with Gasteiger partial charge in [0.1, 0.15) is 5.70 Å². The van der Waals surface area contributed by atoms with Crippen LogP contribution in [0.25, 0.3) is 5.57 Å². The fraction of sp³-hybridized carbons (Fsp3) is 0.120. The van der Waals surface area contributed by atoms with E-state index in [-0.39, 0.29) is 11.8 Å². The number of rotatable bonds is 5. The number of carbonyl (C=O) groups excluding carboxylic acids is 2. The van der Waals surface area contributed by atoms with Gasteiger partial charge in [0.15, 0.2) is 0 Å². The number of likely N-dealkylation sites (N-methyl/N-ethyl adjacent to an activating group) is 1. The number of amides is 2. The lowest BCUT2D eigenvalue weighted by atomic mass is 10.0. The molecule has 0 radical (unpaired) electrons. The first-order valence-corrected chi connectivity index (χ1v) is 9.73. The summed E-state index contributed by atoms with van der Waals surface area (Å²) in [5.74, 6) is -0.652. The van der Waals surface area contributed by atoms with Crippen LogP contribution >= 0.6 is 0 Å². The minimum Gasteiger partial charge on any atom is -0.378 e. The summed E-state index contributed by atoms with van der Waals surface area (Å²) in [6.45, 7) is 0. The minimum atomic E-state index is -0.332. The van der Waals surface area contributed by atoms with Crippen LogP contribution in [0.2, 0.25) is 0 Å². The van der Waals surface area contributed by atoms with Gasteiger partial charge in [-0.05, 0) is 35.9 Å². The Morgan fingerprint density at radius 2 is 1.27 bits per heavy atom. The molecule has 150 valence electrons. The number of hydrogen-bond acceptors (Lipinski definition) is 4. The molecule has 1 aliphatic rings. The van der Waals surface area contributed by atoms with Gasteiger partial charge in [-0.2, -0.15) is 0 Å². The molecule has 3 aromatic carbocycles. The van der Waals surface area contributed by atoms with Crippen molar-refractivity contribution in [1.29, 1.82) is 0 Å². The highest BCUT2D eigenvalue weighted by atomic mass is 16.2. The maximum atomic E-state index is 13.6. The summed E-state index contributed by atoms with van der Waals surface area (Å²) in [6, 6.07) is 26.4. The molecular weight excluding hydrogens is 374 g/mol. The summed E-state index contributed by atoms with van der Waals surface area (Å²) in [4.78, 5) is 32.1. The van der Waals surface area contributed by atoms with Gasteiger partial charge in [0.05, 0.1) is 11.3 Å². The van der Waals surface area contributed by atoms with Crippen molar-refractivity contribution in [3.63, 3.8) is 0 Å². The maximum absolute atomic E-state index is 13.6. The Hall–Kier alpha value is -3.86. The normalized spacial score (nSPS) is 13.8. The molecule has 0 spiro atoms. The third kappa shape index (κ3) is 3.35. The standard InChI is InChI=1S/C25H23N3O2/c1-26(2)20-15-10-16-21(17-20)28-24(29)22(18-11-6-4-7-12-18)23(25(28)30)27(3)19-13-8-5-9-14-19/h4-17H,1-3H3. The van der Waals surface area contributed by atoms with Crippen molar-refractivity contribution in [3.05, 3.63) is 96.2 Å². The number of carbonyl (C=O) groups is 2. The monoisotopic (exact) mass is 397 g/mol. The van der Waals surface area contributed by atoms with Gasteiger partial charge < -0.3 is 9.80 Å². The van der Waals surface area contributed by atoms with E-state index in [1.165, 1.54) is 4.90 Å². The molecule has 2 amide bonds. The van der Waals surface area contributed by atoms with Crippen LogP contribution in [-0.4, -0.2) is 33.0 Å². The molecule has 30 heavy (non-hydrogen) atoms. The molecule has 3 aromatic rings. The third-order valence-electron chi connectivity index (χ3n) is 5.21. The van der Waals surface area contributed by atoms with Crippen LogP contribution in [0.1, 0.15) is 5.56 Å². The molecule has 5 nitrogen and oxygen atoms in total. The summed E-state index contributed by atoms with van der Waals surface area (Å²) < 4.78 is 0. The second-order valence-electron chi connectivity index (χ2n) is 7.34. The first-order valence-electron chi connectivity index (χ1n) is 9.73. The van der Waals surface area contributed by atoms with E-state index in [1.54, 1.807) is 11.0 Å². The maximum Gasteiger partial charge on any atom is 0.282 e. The van der Waals surface area contributed by atoms with E-state index in [0.717, 1.165) is 16.9 Å². The van der Waals surface area contributed by atoms with Crippen LogP contribution in [0, 0.1) is 0 Å². The SMILES string of the molecule is CN(C)c1cccc(N2C(=O)C(c3ccccc3)=C(N(C)c3ccccc3)C2=O)c1. The quantitative estimate of drug-likeness (QED) is 0.606. The first kappa shape index (κ1) is 19.5. The van der Waals surface area contributed by atoms with Crippen molar-refractivity contribution in [2.75, 3.05) is 35.8 Å². The Bertz CT molecular complexity index is 1120. The number of imide groups is 1. The molecular formula is C25H23N3O2. The van der Waals surface area contributed by atoms with Gasteiger partial charge in [-0.1, -0.05) is 54.6 Å². The molecule has 1 aliphatic heterocycles. The number of nitrogens with zero attached hydrogens (tertiary/aromatic N) is 3. The minimum absolute atomic E-state index is 0.320. The number of hydrogen-bond donors (Lipinski definition) is 0. The van der Waals surface area contributed by atoms with Crippen molar-refractivity contribution >= 4 is 34.4 Å². The highest BCUT2D eigenvalue weighted by Crippen LogP contribution is 2.36. The van der Waals surface area contributed by atoms with Gasteiger partial charge in [-0.25, -0.2) is 4.90 Å². The molecule has 0 aromatic heterocycles. The van der Waals surface area contributed by atoms with Gasteiger partial charge >= 0.3 is 0 Å². The average molecular weight is 397 g/mol. The molecule has 0 fully saturated rings. The van der Waals surface area contributed by atoms with Crippen LogP contribution in [0.5, 0.6) is 0 Å². The molecule has 4 rings (SSSR count). The molecule has 0 atom stereocenters. The molecule has 5 heteroatoms. The Labute approximate surface area is 176 Å². The summed E-state index contributed by atoms with van der Waals surface area (Å²) in [5, 5.41) is 0. The van der Waals surface area contributed by atoms with Crippen LogP contribution < -0.4 is 14.7 Å². The largest absolute Gasteiger partial charge is 0.378 e. The van der Waals surface area contributed by atoms with Gasteiger partial charge in [0.25, 0.3) is 11.8 Å². The van der Waals surface area contributed by atoms with E-state index in [9.17, 15) is 9.59 Å². The van der Waals surface area contributed by atoms with Gasteiger partial charge in [0.2, 0.25) is 0 Å². The molecule has 1 heterocycles. The van der Waals surface area contributed by atoms with Gasteiger partial charge in [-0.15, -0.1) is 0 Å². The smallest absolute Gasteiger partial charge is 0.282 e. The van der Waals surface area contributed by atoms with Crippen molar-refractivity contribution in [1.82, 2.24) is 0 Å². The lowest BCUT2D eigenvalue weighted by molar-refractivity contribution is -0.120. The fourth-order valence-electron chi connectivity index (χ4n) is 3.62. The summed E-state index contributed by atoms with van der Waals surface area (Å²) in [6.07, 6.45) is 0. The highest BCUT2D eigenvalue weighted by molar-refractivity contribution is 6.46. The topological polar surface area (TPSA) is 43.9 Å². The Morgan fingerprint density at radius 1 is 0.667 bits per heavy atom. The molecule has 0 aliphatic carbocycles. The zero-order valence-corrected chi connectivity index (χ0v) is 17.2. The van der Waals surface area contributed by atoms with E-state index >= 15 is 0 Å². The van der Waals surface area contributed by atoms with Crippen molar-refractivity contribution in [2.45, 2.75) is 0 Å². The van der Waals surface area contributed by atoms with E-state index in [1.807, 2.05) is 105 Å². The molecule has 0 unspecified atom stereocenters. The molecule has 0 bridgehead atoms. The lowest BCUT2D eigenvalue weighted by Crippen LogP contribution is -2.34. The molecule has 0 N–H and O–H groups in total. The number of anilines is 3. The Balaban J connectivity index is 1.86. The predicted molar refractivity (Wildman–Crippen MR) is 121 cm³/mol. The van der Waals surface area contributed by atoms with E-state index < -0.39 is 0 Å². The Morgan fingerprint density at radius 3 is 1.90 bits per heavy atom.